The summed E-state index contributed by atoms with van der Waals surface area (Å²) in [6.07, 6.45) is 1.01. The molecule has 1 aromatic rings. The monoisotopic (exact) mass is 292 g/mol. The molecule has 1 aliphatic heterocycles. The highest BCUT2D eigenvalue weighted by Gasteiger charge is 2.21. The average Bonchev–Trinajstić information content (AvgIpc) is 2.48. The predicted molar refractivity (Wildman–Crippen MR) is 82.6 cm³/mol. The molecule has 5 nitrogen and oxygen atoms in total. The minimum absolute atomic E-state index is 0.0750. The van der Waals surface area contributed by atoms with E-state index in [-0.39, 0.29) is 11.9 Å². The summed E-state index contributed by atoms with van der Waals surface area (Å²) in [6, 6.07) is 7.20. The zero-order valence-corrected chi connectivity index (χ0v) is 12.7. The van der Waals surface area contributed by atoms with Crippen LogP contribution in [-0.2, 0) is 9.53 Å². The molecule has 116 valence electrons. The molecule has 1 atom stereocenters. The normalized spacial score (nSPS) is 18.5. The fraction of sp³-hybridized carbons (Fsp3) is 0.562. The minimum atomic E-state index is -0.288. The predicted octanol–water partition coefficient (Wildman–Crippen LogP) is 2.04. The lowest BCUT2D eigenvalue weighted by Gasteiger charge is -2.23. The number of ether oxygens (including phenoxy) is 2. The first-order valence-corrected chi connectivity index (χ1v) is 7.50. The molecule has 1 unspecified atom stereocenters. The number of anilines is 1. The summed E-state index contributed by atoms with van der Waals surface area (Å²) in [7, 11) is 0. The largest absolute Gasteiger partial charge is 0.494 e. The number of hydrogen-bond donors (Lipinski definition) is 2. The lowest BCUT2D eigenvalue weighted by atomic mass is 10.1. The van der Waals surface area contributed by atoms with Gasteiger partial charge in [-0.2, -0.15) is 0 Å². The maximum atomic E-state index is 12.1. The molecule has 0 radical (unpaired) electrons. The van der Waals surface area contributed by atoms with Gasteiger partial charge in [0, 0.05) is 18.3 Å². The van der Waals surface area contributed by atoms with Gasteiger partial charge in [0.25, 0.3) is 0 Å². The van der Waals surface area contributed by atoms with Gasteiger partial charge < -0.3 is 20.1 Å². The maximum absolute atomic E-state index is 12.1. The highest BCUT2D eigenvalue weighted by molar-refractivity contribution is 5.95. The Morgan fingerprint density at radius 1 is 1.52 bits per heavy atom. The molecule has 2 N–H and O–H groups in total. The molecule has 0 bridgehead atoms. The van der Waals surface area contributed by atoms with E-state index in [0.29, 0.717) is 32.3 Å². The van der Waals surface area contributed by atoms with E-state index in [1.54, 1.807) is 0 Å². The van der Waals surface area contributed by atoms with Gasteiger partial charge in [-0.3, -0.25) is 4.79 Å². The van der Waals surface area contributed by atoms with Gasteiger partial charge in [0.2, 0.25) is 5.91 Å². The fourth-order valence-corrected chi connectivity index (χ4v) is 2.04. The molecule has 0 spiro atoms. The summed E-state index contributed by atoms with van der Waals surface area (Å²) in [5, 5.41) is 6.02. The Hall–Kier alpha value is -1.59. The SMILES string of the molecule is CC(C)CCOc1cccc(NC(=O)C2COCCN2)c1. The Morgan fingerprint density at radius 2 is 2.38 bits per heavy atom. The van der Waals surface area contributed by atoms with E-state index in [4.69, 9.17) is 9.47 Å². The van der Waals surface area contributed by atoms with Crippen molar-refractivity contribution in [3.8, 4) is 5.75 Å². The fourth-order valence-electron chi connectivity index (χ4n) is 2.04. The average molecular weight is 292 g/mol. The smallest absolute Gasteiger partial charge is 0.243 e. The Morgan fingerprint density at radius 3 is 3.10 bits per heavy atom. The number of hydrogen-bond acceptors (Lipinski definition) is 4. The first-order valence-electron chi connectivity index (χ1n) is 7.50. The molecule has 2 rings (SSSR count). The zero-order chi connectivity index (χ0) is 15.1. The third-order valence-corrected chi connectivity index (χ3v) is 3.30. The van der Waals surface area contributed by atoms with Crippen molar-refractivity contribution < 1.29 is 14.3 Å². The number of rotatable bonds is 6. The van der Waals surface area contributed by atoms with Gasteiger partial charge in [0.1, 0.15) is 11.8 Å². The molecule has 0 aromatic heterocycles. The van der Waals surface area contributed by atoms with Gasteiger partial charge in [-0.05, 0) is 24.5 Å². The van der Waals surface area contributed by atoms with E-state index in [9.17, 15) is 4.79 Å². The summed E-state index contributed by atoms with van der Waals surface area (Å²) < 4.78 is 11.0. The van der Waals surface area contributed by atoms with E-state index < -0.39 is 0 Å². The molecule has 21 heavy (non-hydrogen) atoms. The maximum Gasteiger partial charge on any atom is 0.243 e. The molecule has 1 aromatic carbocycles. The van der Waals surface area contributed by atoms with Crippen molar-refractivity contribution >= 4 is 11.6 Å². The van der Waals surface area contributed by atoms with Crippen LogP contribution in [0.3, 0.4) is 0 Å². The first-order chi connectivity index (χ1) is 10.1. The van der Waals surface area contributed by atoms with Crippen molar-refractivity contribution in [1.82, 2.24) is 5.32 Å². The Kier molecular flexibility index (Phi) is 6.02. The van der Waals surface area contributed by atoms with Crippen molar-refractivity contribution in [3.63, 3.8) is 0 Å². The molecular formula is C16H24N2O3. The van der Waals surface area contributed by atoms with Gasteiger partial charge in [-0.25, -0.2) is 0 Å². The van der Waals surface area contributed by atoms with E-state index in [0.717, 1.165) is 17.9 Å². The standard InChI is InChI=1S/C16H24N2O3/c1-12(2)6-8-21-14-5-3-4-13(10-14)18-16(19)15-11-20-9-7-17-15/h3-5,10,12,15,17H,6-9,11H2,1-2H3,(H,18,19). The highest BCUT2D eigenvalue weighted by atomic mass is 16.5. The van der Waals surface area contributed by atoms with Crippen LogP contribution in [0.15, 0.2) is 24.3 Å². The third-order valence-electron chi connectivity index (χ3n) is 3.30. The zero-order valence-electron chi connectivity index (χ0n) is 12.7. The topological polar surface area (TPSA) is 59.6 Å². The second-order valence-corrected chi connectivity index (χ2v) is 5.63. The van der Waals surface area contributed by atoms with Crippen molar-refractivity contribution in [2.45, 2.75) is 26.3 Å². The summed E-state index contributed by atoms with van der Waals surface area (Å²) in [4.78, 5) is 12.1. The molecule has 1 fully saturated rings. The van der Waals surface area contributed by atoms with E-state index in [1.165, 1.54) is 0 Å². The molecule has 1 aliphatic rings. The number of carbonyl (C=O) groups excluding carboxylic acids is 1. The number of benzene rings is 1. The Labute approximate surface area is 126 Å². The minimum Gasteiger partial charge on any atom is -0.494 e. The number of nitrogens with one attached hydrogen (secondary N) is 2. The summed E-state index contributed by atoms with van der Waals surface area (Å²) in [5.74, 6) is 1.32. The number of carbonyl (C=O) groups is 1. The third kappa shape index (κ3) is 5.36. The van der Waals surface area contributed by atoms with Crippen LogP contribution in [0.1, 0.15) is 20.3 Å². The van der Waals surface area contributed by atoms with Crippen LogP contribution in [0.2, 0.25) is 0 Å². The summed E-state index contributed by atoms with van der Waals surface area (Å²) in [5.41, 5.74) is 0.745. The van der Waals surface area contributed by atoms with E-state index in [2.05, 4.69) is 24.5 Å². The molecule has 1 saturated heterocycles. The van der Waals surface area contributed by atoms with Gasteiger partial charge >= 0.3 is 0 Å². The molecule has 1 heterocycles. The van der Waals surface area contributed by atoms with E-state index in [1.807, 2.05) is 24.3 Å². The van der Waals surface area contributed by atoms with Crippen LogP contribution in [0.25, 0.3) is 0 Å². The first kappa shape index (κ1) is 15.8. The van der Waals surface area contributed by atoms with Crippen LogP contribution >= 0.6 is 0 Å². The van der Waals surface area contributed by atoms with Gasteiger partial charge in [0.15, 0.2) is 0 Å². The van der Waals surface area contributed by atoms with Gasteiger partial charge in [-0.1, -0.05) is 19.9 Å². The lowest BCUT2D eigenvalue weighted by molar-refractivity contribution is -0.120. The molecular weight excluding hydrogens is 268 g/mol. The van der Waals surface area contributed by atoms with Crippen molar-refractivity contribution in [2.75, 3.05) is 31.7 Å². The van der Waals surface area contributed by atoms with Crippen molar-refractivity contribution in [2.24, 2.45) is 5.92 Å². The molecule has 5 heteroatoms. The number of morpholine rings is 1. The van der Waals surface area contributed by atoms with Crippen LogP contribution in [-0.4, -0.2) is 38.3 Å². The van der Waals surface area contributed by atoms with Crippen LogP contribution in [0.5, 0.6) is 5.75 Å². The van der Waals surface area contributed by atoms with Gasteiger partial charge in [-0.15, -0.1) is 0 Å². The second-order valence-electron chi connectivity index (χ2n) is 5.63. The second kappa shape index (κ2) is 8.00. The van der Waals surface area contributed by atoms with Crippen LogP contribution in [0, 0.1) is 5.92 Å². The van der Waals surface area contributed by atoms with E-state index >= 15 is 0 Å². The molecule has 0 saturated carbocycles. The molecule has 0 aliphatic carbocycles. The number of amides is 1. The highest BCUT2D eigenvalue weighted by Crippen LogP contribution is 2.18. The van der Waals surface area contributed by atoms with Crippen molar-refractivity contribution in [1.29, 1.82) is 0 Å². The lowest BCUT2D eigenvalue weighted by Crippen LogP contribution is -2.48. The Balaban J connectivity index is 1.86. The van der Waals surface area contributed by atoms with Gasteiger partial charge in [0.05, 0.1) is 19.8 Å². The quantitative estimate of drug-likeness (QED) is 0.842. The molecule has 1 amide bonds. The Bertz CT molecular complexity index is 457. The van der Waals surface area contributed by atoms with Crippen LogP contribution < -0.4 is 15.4 Å². The van der Waals surface area contributed by atoms with Crippen molar-refractivity contribution in [3.05, 3.63) is 24.3 Å². The summed E-state index contributed by atoms with van der Waals surface area (Å²) >= 11 is 0. The summed E-state index contributed by atoms with van der Waals surface area (Å²) in [6.45, 7) is 6.79. The van der Waals surface area contributed by atoms with Crippen LogP contribution in [0.4, 0.5) is 5.69 Å².